The monoisotopic (exact) mass is 339 g/mol. The van der Waals surface area contributed by atoms with Crippen molar-refractivity contribution in [3.63, 3.8) is 0 Å². The van der Waals surface area contributed by atoms with E-state index >= 15 is 0 Å². The first-order chi connectivity index (χ1) is 6.84. The predicted molar refractivity (Wildman–Crippen MR) is 59.3 cm³/mol. The number of hydrogen-bond donors (Lipinski definition) is 0. The molecule has 0 heterocycles. The zero-order chi connectivity index (χ0) is 9.54. The van der Waals surface area contributed by atoms with Crippen LogP contribution in [0.1, 0.15) is 24.0 Å². The Hall–Kier alpha value is -0.0969. The topological polar surface area (TPSA) is 0 Å². The molecule has 17 heavy (non-hydrogen) atoms. The van der Waals surface area contributed by atoms with Gasteiger partial charge in [0.25, 0.3) is 0 Å². The Morgan fingerprint density at radius 3 is 2.24 bits per heavy atom. The predicted octanol–water partition coefficient (Wildman–Crippen LogP) is -2.33. The SMILES string of the molecule is CC1C=[C-]c2cc3ccccc3cc21.[Cl-].[Cl-].[Zr+3]. The van der Waals surface area contributed by atoms with Crippen LogP contribution in [0.25, 0.3) is 10.8 Å². The van der Waals surface area contributed by atoms with Gasteiger partial charge in [-0.05, 0) is 5.39 Å². The third-order valence-electron chi connectivity index (χ3n) is 2.90. The molecule has 1 aliphatic rings. The van der Waals surface area contributed by atoms with E-state index in [4.69, 9.17) is 0 Å². The molecule has 0 aliphatic heterocycles. The van der Waals surface area contributed by atoms with Gasteiger partial charge in [-0.3, -0.25) is 0 Å². The van der Waals surface area contributed by atoms with Crippen LogP contribution in [0.15, 0.2) is 42.5 Å². The molecular weight excluding hydrogens is 330 g/mol. The molecule has 3 heteroatoms. The summed E-state index contributed by atoms with van der Waals surface area (Å²) in [4.78, 5) is 0. The maximum absolute atomic E-state index is 3.32. The quantitative estimate of drug-likeness (QED) is 0.472. The van der Waals surface area contributed by atoms with Crippen LogP contribution in [0.5, 0.6) is 0 Å². The van der Waals surface area contributed by atoms with E-state index in [1.165, 1.54) is 21.9 Å². The van der Waals surface area contributed by atoms with E-state index in [-0.39, 0.29) is 51.0 Å². The average Bonchev–Trinajstić information content (AvgIpc) is 2.57. The van der Waals surface area contributed by atoms with Crippen LogP contribution >= 0.6 is 0 Å². The van der Waals surface area contributed by atoms with Crippen molar-refractivity contribution in [3.8, 4) is 0 Å². The molecule has 2 aromatic carbocycles. The Morgan fingerprint density at radius 2 is 1.59 bits per heavy atom. The van der Waals surface area contributed by atoms with Crippen molar-refractivity contribution in [2.75, 3.05) is 0 Å². The standard InChI is InChI=1S/C14H11.2ClH.Zr/c1-10-6-7-13-8-11-4-2-3-5-12(11)9-14(10)13;;;/h2-6,8-10H,1H3;2*1H;/q-1;;;+3/p-2. The van der Waals surface area contributed by atoms with Crippen molar-refractivity contribution in [2.45, 2.75) is 12.8 Å². The van der Waals surface area contributed by atoms with E-state index in [1.807, 2.05) is 0 Å². The second-order valence-corrected chi connectivity index (χ2v) is 3.89. The van der Waals surface area contributed by atoms with Crippen LogP contribution in [-0.4, -0.2) is 0 Å². The van der Waals surface area contributed by atoms with E-state index in [2.05, 4.69) is 55.5 Å². The molecule has 0 N–H and O–H groups in total. The number of fused-ring (bicyclic) bond motifs is 2. The number of hydrogen-bond acceptors (Lipinski definition) is 0. The first-order valence-corrected chi connectivity index (χ1v) is 4.97. The summed E-state index contributed by atoms with van der Waals surface area (Å²) in [7, 11) is 0. The fraction of sp³-hybridized carbons (Fsp3) is 0.143. The van der Waals surface area contributed by atoms with Gasteiger partial charge in [0.1, 0.15) is 0 Å². The summed E-state index contributed by atoms with van der Waals surface area (Å²) >= 11 is 0. The van der Waals surface area contributed by atoms with Gasteiger partial charge in [-0.15, -0.1) is 17.7 Å². The zero-order valence-electron chi connectivity index (χ0n) is 9.37. The smallest absolute Gasteiger partial charge is 1.00 e. The molecule has 0 amide bonds. The Kier molecular flexibility index (Phi) is 6.70. The van der Waals surface area contributed by atoms with Gasteiger partial charge in [-0.25, -0.2) is 0 Å². The fourth-order valence-electron chi connectivity index (χ4n) is 2.06. The minimum atomic E-state index is 0. The Bertz CT molecular complexity index is 535. The molecule has 0 fully saturated rings. The molecule has 0 spiro atoms. The van der Waals surface area contributed by atoms with E-state index in [1.54, 1.807) is 0 Å². The van der Waals surface area contributed by atoms with Gasteiger partial charge in [0.2, 0.25) is 0 Å². The number of rotatable bonds is 0. The van der Waals surface area contributed by atoms with Gasteiger partial charge in [0.15, 0.2) is 0 Å². The molecule has 0 bridgehead atoms. The van der Waals surface area contributed by atoms with Gasteiger partial charge in [-0.1, -0.05) is 42.5 Å². The van der Waals surface area contributed by atoms with Crippen molar-refractivity contribution < 1.29 is 51.0 Å². The van der Waals surface area contributed by atoms with Crippen LogP contribution < -0.4 is 24.8 Å². The first-order valence-electron chi connectivity index (χ1n) is 4.97. The minimum Gasteiger partial charge on any atom is -1.00 e. The second kappa shape index (κ2) is 6.73. The van der Waals surface area contributed by atoms with Gasteiger partial charge in [-0.2, -0.15) is 17.7 Å². The summed E-state index contributed by atoms with van der Waals surface area (Å²) < 4.78 is 0. The van der Waals surface area contributed by atoms with Crippen LogP contribution in [-0.2, 0) is 26.2 Å². The average molecular weight is 341 g/mol. The number of benzene rings is 2. The van der Waals surface area contributed by atoms with Gasteiger partial charge >= 0.3 is 26.2 Å². The van der Waals surface area contributed by atoms with Crippen LogP contribution in [0.3, 0.4) is 0 Å². The molecule has 0 saturated heterocycles. The summed E-state index contributed by atoms with van der Waals surface area (Å²) in [5.74, 6) is 0.523. The molecule has 2 aromatic rings. The number of halogens is 2. The largest absolute Gasteiger partial charge is 3.00 e. The second-order valence-electron chi connectivity index (χ2n) is 3.89. The van der Waals surface area contributed by atoms with Crippen LogP contribution in [0.4, 0.5) is 0 Å². The third kappa shape index (κ3) is 3.02. The van der Waals surface area contributed by atoms with Crippen LogP contribution in [0, 0.1) is 6.08 Å². The molecular formula is C14H11Cl2Zr. The minimum absolute atomic E-state index is 0. The fourth-order valence-corrected chi connectivity index (χ4v) is 2.06. The van der Waals surface area contributed by atoms with Crippen LogP contribution in [0.2, 0.25) is 0 Å². The molecule has 85 valence electrons. The van der Waals surface area contributed by atoms with Crippen molar-refractivity contribution in [2.24, 2.45) is 0 Å². The molecule has 1 radical (unpaired) electrons. The summed E-state index contributed by atoms with van der Waals surface area (Å²) in [6, 6.07) is 13.0. The van der Waals surface area contributed by atoms with E-state index in [0.717, 1.165) is 0 Å². The molecule has 0 nitrogen and oxygen atoms in total. The van der Waals surface area contributed by atoms with Crippen molar-refractivity contribution in [1.82, 2.24) is 0 Å². The Balaban J connectivity index is 0.000000853. The normalized spacial score (nSPS) is 15.5. The molecule has 0 saturated carbocycles. The van der Waals surface area contributed by atoms with Gasteiger partial charge < -0.3 is 24.8 Å². The maximum atomic E-state index is 3.32. The van der Waals surface area contributed by atoms with Crippen molar-refractivity contribution in [3.05, 3.63) is 59.7 Å². The molecule has 0 aromatic heterocycles. The first kappa shape index (κ1) is 16.9. The molecule has 3 rings (SSSR count). The summed E-state index contributed by atoms with van der Waals surface area (Å²) in [6.45, 7) is 2.22. The molecule has 1 atom stereocenters. The molecule has 1 unspecified atom stereocenters. The summed E-state index contributed by atoms with van der Waals surface area (Å²) in [6.07, 6.45) is 5.46. The third-order valence-corrected chi connectivity index (χ3v) is 2.90. The van der Waals surface area contributed by atoms with Crippen molar-refractivity contribution in [1.29, 1.82) is 0 Å². The maximum Gasteiger partial charge on any atom is 3.00 e. The van der Waals surface area contributed by atoms with E-state index in [9.17, 15) is 0 Å². The number of allylic oxidation sites excluding steroid dienone is 1. The summed E-state index contributed by atoms with van der Waals surface area (Å²) in [5.41, 5.74) is 2.67. The van der Waals surface area contributed by atoms with Crippen molar-refractivity contribution >= 4 is 10.8 Å². The van der Waals surface area contributed by atoms with E-state index < -0.39 is 0 Å². The van der Waals surface area contributed by atoms with E-state index in [0.29, 0.717) is 5.92 Å². The molecule has 1 aliphatic carbocycles. The summed E-state index contributed by atoms with van der Waals surface area (Å²) in [5, 5.41) is 2.64. The van der Waals surface area contributed by atoms with Gasteiger partial charge in [0.05, 0.1) is 0 Å². The zero-order valence-corrected chi connectivity index (χ0v) is 13.3. The Morgan fingerprint density at radius 1 is 1.00 bits per heavy atom. The Labute approximate surface area is 133 Å². The van der Waals surface area contributed by atoms with Gasteiger partial charge in [0, 0.05) is 0 Å².